The number of carbonyl (C=O) groups is 1. The lowest BCUT2D eigenvalue weighted by Gasteiger charge is -2.36. The van der Waals surface area contributed by atoms with Crippen LogP contribution in [0, 0.1) is 0 Å². The van der Waals surface area contributed by atoms with Crippen LogP contribution >= 0.6 is 0 Å². The van der Waals surface area contributed by atoms with Crippen molar-refractivity contribution >= 4 is 11.7 Å². The largest absolute Gasteiger partial charge is 0.390 e. The van der Waals surface area contributed by atoms with Gasteiger partial charge in [0.1, 0.15) is 0 Å². The Morgan fingerprint density at radius 2 is 2.11 bits per heavy atom. The first-order valence-electron chi connectivity index (χ1n) is 6.61. The van der Waals surface area contributed by atoms with Crippen molar-refractivity contribution in [3.8, 4) is 0 Å². The number of amides is 1. The van der Waals surface area contributed by atoms with Crippen LogP contribution in [-0.4, -0.2) is 46.4 Å². The van der Waals surface area contributed by atoms with Gasteiger partial charge in [-0.3, -0.25) is 4.79 Å². The smallest absolute Gasteiger partial charge is 0.271 e. The fourth-order valence-electron chi connectivity index (χ4n) is 2.08. The number of carbonyl (C=O) groups excluding carboxylic acids is 1. The van der Waals surface area contributed by atoms with Crippen LogP contribution < -0.4 is 10.2 Å². The Morgan fingerprint density at radius 1 is 1.42 bits per heavy atom. The van der Waals surface area contributed by atoms with E-state index in [1.165, 1.54) is 0 Å². The molecule has 1 saturated heterocycles. The number of rotatable bonds is 3. The maximum atomic E-state index is 11.6. The van der Waals surface area contributed by atoms with E-state index in [0.717, 1.165) is 18.9 Å². The Morgan fingerprint density at radius 3 is 2.63 bits per heavy atom. The maximum absolute atomic E-state index is 11.6. The Hall–Kier alpha value is -1.69. The molecule has 19 heavy (non-hydrogen) atoms. The second-order valence-electron chi connectivity index (χ2n) is 5.12. The molecule has 0 unspecified atom stereocenters. The van der Waals surface area contributed by atoms with E-state index >= 15 is 0 Å². The summed E-state index contributed by atoms with van der Waals surface area (Å²) in [5.74, 6) is 0.548. The highest BCUT2D eigenvalue weighted by Gasteiger charge is 2.28. The predicted molar refractivity (Wildman–Crippen MR) is 72.1 cm³/mol. The molecule has 1 aliphatic rings. The second kappa shape index (κ2) is 5.52. The number of hydrogen-bond donors (Lipinski definition) is 2. The monoisotopic (exact) mass is 264 g/mol. The third kappa shape index (κ3) is 3.41. The average Bonchev–Trinajstić information content (AvgIpc) is 2.39. The van der Waals surface area contributed by atoms with Crippen LogP contribution in [0.25, 0.3) is 0 Å². The molecule has 1 aliphatic heterocycles. The molecular formula is C13H20N4O2. The van der Waals surface area contributed by atoms with Gasteiger partial charge in [-0.15, -0.1) is 10.2 Å². The fourth-order valence-corrected chi connectivity index (χ4v) is 2.08. The summed E-state index contributed by atoms with van der Waals surface area (Å²) in [5, 5.41) is 20.6. The summed E-state index contributed by atoms with van der Waals surface area (Å²) < 4.78 is 0. The SMILES string of the molecule is CCNC(=O)c1ccc(N2CCC(C)(O)CC2)nn1. The number of nitrogens with one attached hydrogen (secondary N) is 1. The van der Waals surface area contributed by atoms with Crippen LogP contribution in [0.4, 0.5) is 5.82 Å². The Bertz CT molecular complexity index is 434. The summed E-state index contributed by atoms with van der Waals surface area (Å²) in [4.78, 5) is 13.6. The highest BCUT2D eigenvalue weighted by atomic mass is 16.3. The van der Waals surface area contributed by atoms with Gasteiger partial charge in [-0.25, -0.2) is 0 Å². The van der Waals surface area contributed by atoms with Gasteiger partial charge in [0, 0.05) is 19.6 Å². The molecule has 2 rings (SSSR count). The van der Waals surface area contributed by atoms with Crippen molar-refractivity contribution in [1.29, 1.82) is 0 Å². The van der Waals surface area contributed by atoms with Crippen molar-refractivity contribution in [2.45, 2.75) is 32.3 Å². The standard InChI is InChI=1S/C13H20N4O2/c1-3-14-12(18)10-4-5-11(16-15-10)17-8-6-13(2,19)7-9-17/h4-5,19H,3,6-9H2,1-2H3,(H,14,18). The summed E-state index contributed by atoms with van der Waals surface area (Å²) >= 11 is 0. The van der Waals surface area contributed by atoms with Gasteiger partial charge in [-0.1, -0.05) is 0 Å². The van der Waals surface area contributed by atoms with Crippen LogP contribution in [-0.2, 0) is 0 Å². The molecule has 0 aliphatic carbocycles. The zero-order valence-corrected chi connectivity index (χ0v) is 11.4. The van der Waals surface area contributed by atoms with Crippen LogP contribution in [0.2, 0.25) is 0 Å². The van der Waals surface area contributed by atoms with Crippen LogP contribution in [0.15, 0.2) is 12.1 Å². The number of aromatic nitrogens is 2. The van der Waals surface area contributed by atoms with Crippen LogP contribution in [0.5, 0.6) is 0 Å². The van der Waals surface area contributed by atoms with E-state index in [4.69, 9.17) is 0 Å². The highest BCUT2D eigenvalue weighted by molar-refractivity contribution is 5.92. The minimum absolute atomic E-state index is 0.205. The van der Waals surface area contributed by atoms with Gasteiger partial charge in [0.05, 0.1) is 5.60 Å². The van der Waals surface area contributed by atoms with Crippen LogP contribution in [0.3, 0.4) is 0 Å². The van der Waals surface area contributed by atoms with Gasteiger partial charge in [0.2, 0.25) is 0 Å². The number of anilines is 1. The lowest BCUT2D eigenvalue weighted by Crippen LogP contribution is -2.42. The molecule has 104 valence electrons. The first-order chi connectivity index (χ1) is 9.02. The Balaban J connectivity index is 2.01. The number of aliphatic hydroxyl groups is 1. The highest BCUT2D eigenvalue weighted by Crippen LogP contribution is 2.24. The van der Waals surface area contributed by atoms with Crippen LogP contribution in [0.1, 0.15) is 37.2 Å². The quantitative estimate of drug-likeness (QED) is 0.835. The molecule has 0 spiro atoms. The molecule has 1 aromatic heterocycles. The third-order valence-electron chi connectivity index (χ3n) is 3.39. The predicted octanol–water partition coefficient (Wildman–Crippen LogP) is 0.577. The second-order valence-corrected chi connectivity index (χ2v) is 5.12. The van der Waals surface area contributed by atoms with E-state index in [1.807, 2.05) is 13.8 Å². The molecule has 0 aromatic carbocycles. The summed E-state index contributed by atoms with van der Waals surface area (Å²) in [6, 6.07) is 3.48. The molecule has 0 radical (unpaired) electrons. The minimum atomic E-state index is -0.578. The van der Waals surface area contributed by atoms with Crippen molar-refractivity contribution in [2.24, 2.45) is 0 Å². The minimum Gasteiger partial charge on any atom is -0.390 e. The molecule has 6 nitrogen and oxygen atoms in total. The third-order valence-corrected chi connectivity index (χ3v) is 3.39. The zero-order valence-electron chi connectivity index (χ0n) is 11.4. The average molecular weight is 264 g/mol. The number of hydrogen-bond acceptors (Lipinski definition) is 5. The van der Waals surface area contributed by atoms with Crippen molar-refractivity contribution < 1.29 is 9.90 Å². The number of piperidine rings is 1. The first kappa shape index (κ1) is 13.7. The van der Waals surface area contributed by atoms with Gasteiger partial charge < -0.3 is 15.3 Å². The Labute approximate surface area is 112 Å². The Kier molecular flexibility index (Phi) is 3.99. The van der Waals surface area contributed by atoms with Gasteiger partial charge >= 0.3 is 0 Å². The van der Waals surface area contributed by atoms with Crippen molar-refractivity contribution in [3.05, 3.63) is 17.8 Å². The van der Waals surface area contributed by atoms with E-state index in [9.17, 15) is 9.90 Å². The molecule has 0 bridgehead atoms. The summed E-state index contributed by atoms with van der Waals surface area (Å²) in [7, 11) is 0. The normalized spacial score (nSPS) is 18.2. The fraction of sp³-hybridized carbons (Fsp3) is 0.615. The summed E-state index contributed by atoms with van der Waals surface area (Å²) in [6.45, 7) is 5.79. The van der Waals surface area contributed by atoms with E-state index in [2.05, 4.69) is 20.4 Å². The zero-order chi connectivity index (χ0) is 13.9. The summed E-state index contributed by atoms with van der Waals surface area (Å²) in [6.07, 6.45) is 1.43. The molecular weight excluding hydrogens is 244 g/mol. The van der Waals surface area contributed by atoms with Gasteiger partial charge in [0.25, 0.3) is 5.91 Å². The molecule has 0 saturated carbocycles. The molecule has 0 atom stereocenters. The van der Waals surface area contributed by atoms with Gasteiger partial charge in [-0.2, -0.15) is 0 Å². The first-order valence-corrected chi connectivity index (χ1v) is 6.61. The van der Waals surface area contributed by atoms with Crippen molar-refractivity contribution in [3.63, 3.8) is 0 Å². The molecule has 6 heteroatoms. The molecule has 2 N–H and O–H groups in total. The molecule has 1 aromatic rings. The lowest BCUT2D eigenvalue weighted by molar-refractivity contribution is 0.0350. The van der Waals surface area contributed by atoms with Gasteiger partial charge in [0.15, 0.2) is 11.5 Å². The van der Waals surface area contributed by atoms with Crippen molar-refractivity contribution in [2.75, 3.05) is 24.5 Å². The van der Waals surface area contributed by atoms with E-state index in [0.29, 0.717) is 25.1 Å². The summed E-state index contributed by atoms with van der Waals surface area (Å²) in [5.41, 5.74) is -0.250. The lowest BCUT2D eigenvalue weighted by atomic mass is 9.94. The van der Waals surface area contributed by atoms with E-state index in [1.54, 1.807) is 12.1 Å². The number of nitrogens with zero attached hydrogens (tertiary/aromatic N) is 3. The van der Waals surface area contributed by atoms with Crippen molar-refractivity contribution in [1.82, 2.24) is 15.5 Å². The van der Waals surface area contributed by atoms with E-state index < -0.39 is 5.60 Å². The molecule has 1 fully saturated rings. The van der Waals surface area contributed by atoms with E-state index in [-0.39, 0.29) is 5.91 Å². The molecule has 1 amide bonds. The van der Waals surface area contributed by atoms with Gasteiger partial charge in [-0.05, 0) is 38.8 Å². The molecule has 2 heterocycles. The maximum Gasteiger partial charge on any atom is 0.271 e. The topological polar surface area (TPSA) is 78.4 Å².